The van der Waals surface area contributed by atoms with Gasteiger partial charge in [0.2, 0.25) is 0 Å². The van der Waals surface area contributed by atoms with Crippen LogP contribution in [0.2, 0.25) is 0 Å². The zero-order valence-electron chi connectivity index (χ0n) is 11.9. The lowest BCUT2D eigenvalue weighted by molar-refractivity contribution is 0.0681. The lowest BCUT2D eigenvalue weighted by atomic mass is 10.1. The van der Waals surface area contributed by atoms with Gasteiger partial charge in [-0.2, -0.15) is 0 Å². The van der Waals surface area contributed by atoms with Crippen molar-refractivity contribution in [3.63, 3.8) is 0 Å². The van der Waals surface area contributed by atoms with E-state index in [2.05, 4.69) is 0 Å². The predicted octanol–water partition coefficient (Wildman–Crippen LogP) is 1.18. The third kappa shape index (κ3) is 2.99. The fourth-order valence-corrected chi connectivity index (χ4v) is 4.62. The van der Waals surface area contributed by atoms with Crippen LogP contribution in [0.4, 0.5) is 0 Å². The summed E-state index contributed by atoms with van der Waals surface area (Å²) in [6, 6.07) is 5.68. The molecule has 2 fully saturated rings. The first kappa shape index (κ1) is 15.0. The number of nitrogens with zero attached hydrogens (tertiary/aromatic N) is 1. The summed E-state index contributed by atoms with van der Waals surface area (Å²) >= 11 is 0. The van der Waals surface area contributed by atoms with Gasteiger partial charge < -0.3 is 10.0 Å². The van der Waals surface area contributed by atoms with Crippen molar-refractivity contribution in [1.29, 1.82) is 0 Å². The molecule has 1 aliphatic heterocycles. The summed E-state index contributed by atoms with van der Waals surface area (Å²) in [4.78, 5) is 25.4. The number of aromatic carboxylic acids is 1. The molecule has 22 heavy (non-hydrogen) atoms. The van der Waals surface area contributed by atoms with Crippen molar-refractivity contribution in [1.82, 2.24) is 4.90 Å². The molecule has 1 saturated carbocycles. The highest BCUT2D eigenvalue weighted by Gasteiger charge is 2.42. The average molecular weight is 323 g/mol. The molecule has 1 N–H and O–H groups in total. The SMILES string of the molecule is O=C(O)c1cccc(C(=O)N(C2CC2)C2CCS(=O)(=O)C2)c1. The lowest BCUT2D eigenvalue weighted by Gasteiger charge is -2.28. The molecule has 1 heterocycles. The summed E-state index contributed by atoms with van der Waals surface area (Å²) in [5.41, 5.74) is 0.358. The zero-order valence-corrected chi connectivity index (χ0v) is 12.8. The van der Waals surface area contributed by atoms with Crippen LogP contribution in [0.15, 0.2) is 24.3 Å². The second-order valence-electron chi connectivity index (χ2n) is 5.89. The van der Waals surface area contributed by atoms with Crippen LogP contribution >= 0.6 is 0 Å². The van der Waals surface area contributed by atoms with E-state index in [4.69, 9.17) is 5.11 Å². The van der Waals surface area contributed by atoms with Gasteiger partial charge in [-0.1, -0.05) is 6.07 Å². The van der Waals surface area contributed by atoms with Crippen molar-refractivity contribution in [2.75, 3.05) is 11.5 Å². The first-order valence-electron chi connectivity index (χ1n) is 7.24. The summed E-state index contributed by atoms with van der Waals surface area (Å²) < 4.78 is 23.4. The number of carboxylic acid groups (broad SMARTS) is 1. The molecule has 0 radical (unpaired) electrons. The smallest absolute Gasteiger partial charge is 0.335 e. The molecule has 1 saturated heterocycles. The average Bonchev–Trinajstić information content (AvgIpc) is 3.23. The van der Waals surface area contributed by atoms with E-state index in [9.17, 15) is 18.0 Å². The monoisotopic (exact) mass is 323 g/mol. The molecular weight excluding hydrogens is 306 g/mol. The van der Waals surface area contributed by atoms with E-state index < -0.39 is 15.8 Å². The molecule has 1 aromatic carbocycles. The van der Waals surface area contributed by atoms with E-state index in [0.717, 1.165) is 12.8 Å². The molecule has 1 atom stereocenters. The van der Waals surface area contributed by atoms with Gasteiger partial charge in [-0.25, -0.2) is 13.2 Å². The second kappa shape index (κ2) is 5.39. The van der Waals surface area contributed by atoms with Crippen molar-refractivity contribution in [3.05, 3.63) is 35.4 Å². The van der Waals surface area contributed by atoms with Crippen LogP contribution in [0.25, 0.3) is 0 Å². The van der Waals surface area contributed by atoms with Gasteiger partial charge in [-0.3, -0.25) is 4.79 Å². The van der Waals surface area contributed by atoms with Crippen LogP contribution in [0.5, 0.6) is 0 Å². The van der Waals surface area contributed by atoms with Crippen LogP contribution in [0.3, 0.4) is 0 Å². The van der Waals surface area contributed by atoms with Gasteiger partial charge in [0.05, 0.1) is 17.1 Å². The van der Waals surface area contributed by atoms with Crippen LogP contribution in [-0.4, -0.2) is 53.9 Å². The Morgan fingerprint density at radius 1 is 1.09 bits per heavy atom. The number of benzene rings is 1. The van der Waals surface area contributed by atoms with Crippen molar-refractivity contribution in [3.8, 4) is 0 Å². The van der Waals surface area contributed by atoms with Gasteiger partial charge in [-0.05, 0) is 37.5 Å². The largest absolute Gasteiger partial charge is 0.478 e. The number of hydrogen-bond acceptors (Lipinski definition) is 4. The Morgan fingerprint density at radius 2 is 1.77 bits per heavy atom. The van der Waals surface area contributed by atoms with Crippen molar-refractivity contribution < 1.29 is 23.1 Å². The first-order chi connectivity index (χ1) is 10.4. The van der Waals surface area contributed by atoms with E-state index in [1.807, 2.05) is 0 Å². The Balaban J connectivity index is 1.87. The van der Waals surface area contributed by atoms with E-state index in [1.165, 1.54) is 18.2 Å². The minimum Gasteiger partial charge on any atom is -0.478 e. The maximum atomic E-state index is 12.7. The van der Waals surface area contributed by atoms with Gasteiger partial charge in [0.25, 0.3) is 5.91 Å². The fourth-order valence-electron chi connectivity index (χ4n) is 2.91. The molecule has 0 bridgehead atoms. The summed E-state index contributed by atoms with van der Waals surface area (Å²) in [5.74, 6) is -1.24. The third-order valence-electron chi connectivity index (χ3n) is 4.13. The Hall–Kier alpha value is -1.89. The number of carboxylic acids is 1. The van der Waals surface area contributed by atoms with E-state index in [0.29, 0.717) is 12.0 Å². The lowest BCUT2D eigenvalue weighted by Crippen LogP contribution is -2.42. The number of carbonyl (C=O) groups excluding carboxylic acids is 1. The molecule has 0 spiro atoms. The highest BCUT2D eigenvalue weighted by molar-refractivity contribution is 7.91. The standard InChI is InChI=1S/C15H17NO5S/c17-14(10-2-1-3-11(8-10)15(18)19)16(12-4-5-12)13-6-7-22(20,21)9-13/h1-3,8,12-13H,4-7,9H2,(H,18,19). The number of amides is 1. The molecule has 1 aliphatic carbocycles. The second-order valence-corrected chi connectivity index (χ2v) is 8.12. The minimum atomic E-state index is -3.07. The van der Waals surface area contributed by atoms with Crippen LogP contribution in [0, 0.1) is 0 Å². The Kier molecular flexibility index (Phi) is 3.68. The van der Waals surface area contributed by atoms with Crippen LogP contribution in [-0.2, 0) is 9.84 Å². The van der Waals surface area contributed by atoms with Gasteiger partial charge in [0.15, 0.2) is 9.84 Å². The Labute approximate surface area is 128 Å². The molecule has 6 nitrogen and oxygen atoms in total. The first-order valence-corrected chi connectivity index (χ1v) is 9.06. The molecule has 3 rings (SSSR count). The molecule has 118 valence electrons. The van der Waals surface area contributed by atoms with E-state index in [-0.39, 0.29) is 35.1 Å². The quantitative estimate of drug-likeness (QED) is 0.898. The fraction of sp³-hybridized carbons (Fsp3) is 0.467. The van der Waals surface area contributed by atoms with Gasteiger partial charge >= 0.3 is 5.97 Å². The molecule has 7 heteroatoms. The van der Waals surface area contributed by atoms with Crippen LogP contribution < -0.4 is 0 Å². The van der Waals surface area contributed by atoms with Crippen molar-refractivity contribution in [2.24, 2.45) is 0 Å². The maximum absolute atomic E-state index is 12.7. The summed E-state index contributed by atoms with van der Waals surface area (Å²) in [6.45, 7) is 0. The van der Waals surface area contributed by atoms with Gasteiger partial charge in [0, 0.05) is 17.6 Å². The third-order valence-corrected chi connectivity index (χ3v) is 5.88. The van der Waals surface area contributed by atoms with E-state index >= 15 is 0 Å². The summed E-state index contributed by atoms with van der Waals surface area (Å²) in [7, 11) is -3.07. The zero-order chi connectivity index (χ0) is 15.9. The molecule has 1 aromatic rings. The number of sulfone groups is 1. The van der Waals surface area contributed by atoms with E-state index in [1.54, 1.807) is 11.0 Å². The summed E-state index contributed by atoms with van der Waals surface area (Å²) in [5, 5.41) is 9.03. The minimum absolute atomic E-state index is 0.00780. The molecule has 2 aliphatic rings. The Morgan fingerprint density at radius 3 is 2.32 bits per heavy atom. The highest BCUT2D eigenvalue weighted by Crippen LogP contribution is 2.33. The predicted molar refractivity (Wildman–Crippen MR) is 79.7 cm³/mol. The van der Waals surface area contributed by atoms with Gasteiger partial charge in [-0.15, -0.1) is 0 Å². The Bertz CT molecular complexity index is 723. The van der Waals surface area contributed by atoms with Gasteiger partial charge in [0.1, 0.15) is 0 Å². The number of carbonyl (C=O) groups is 2. The molecular formula is C15H17NO5S. The summed E-state index contributed by atoms with van der Waals surface area (Å²) in [6.07, 6.45) is 2.21. The molecule has 1 unspecified atom stereocenters. The van der Waals surface area contributed by atoms with Crippen molar-refractivity contribution >= 4 is 21.7 Å². The topological polar surface area (TPSA) is 91.8 Å². The number of hydrogen-bond donors (Lipinski definition) is 1. The number of rotatable bonds is 4. The molecule has 0 aromatic heterocycles. The van der Waals surface area contributed by atoms with Crippen molar-refractivity contribution in [2.45, 2.75) is 31.3 Å². The normalized spacial score (nSPS) is 23.2. The highest BCUT2D eigenvalue weighted by atomic mass is 32.2. The van der Waals surface area contributed by atoms with Crippen LogP contribution in [0.1, 0.15) is 40.0 Å². The molecule has 1 amide bonds. The maximum Gasteiger partial charge on any atom is 0.335 e.